The molecule has 118 valence electrons. The van der Waals surface area contributed by atoms with Gasteiger partial charge in [0.05, 0.1) is 12.1 Å². The van der Waals surface area contributed by atoms with Crippen LogP contribution >= 0.6 is 35.6 Å². The van der Waals surface area contributed by atoms with Crippen LogP contribution in [0.25, 0.3) is 0 Å². The van der Waals surface area contributed by atoms with Gasteiger partial charge in [-0.15, -0.1) is 24.0 Å². The summed E-state index contributed by atoms with van der Waals surface area (Å²) in [5.41, 5.74) is 6.36. The molecule has 0 bridgehead atoms. The Morgan fingerprint density at radius 2 is 2.19 bits per heavy atom. The highest BCUT2D eigenvalue weighted by Crippen LogP contribution is 2.26. The van der Waals surface area contributed by atoms with Crippen LogP contribution in [0.3, 0.4) is 0 Å². The van der Waals surface area contributed by atoms with Gasteiger partial charge < -0.3 is 21.1 Å². The van der Waals surface area contributed by atoms with E-state index in [2.05, 4.69) is 15.6 Å². The van der Waals surface area contributed by atoms with Crippen molar-refractivity contribution in [1.82, 2.24) is 5.32 Å². The first-order valence-electron chi connectivity index (χ1n) is 6.24. The second kappa shape index (κ2) is 10.5. The second-order valence-electron chi connectivity index (χ2n) is 4.03. The molecular weight excluding hydrogens is 407 g/mol. The van der Waals surface area contributed by atoms with Crippen LogP contribution < -0.4 is 21.1 Å². The van der Waals surface area contributed by atoms with Gasteiger partial charge in [-0.2, -0.15) is 0 Å². The third-order valence-electron chi connectivity index (χ3n) is 2.39. The normalized spacial score (nSPS) is 10.5. The minimum absolute atomic E-state index is 0. The topological polar surface area (TPSA) is 88.7 Å². The number of carbonyl (C=O) groups excluding carboxylic acids is 1. The van der Waals surface area contributed by atoms with Gasteiger partial charge in [0.2, 0.25) is 5.91 Å². The molecule has 1 aromatic rings. The molecule has 0 unspecified atom stereocenters. The maximum absolute atomic E-state index is 11.4. The highest BCUT2D eigenvalue weighted by Gasteiger charge is 2.03. The summed E-state index contributed by atoms with van der Waals surface area (Å²) in [5.74, 6) is 0.564. The molecule has 0 saturated heterocycles. The first-order chi connectivity index (χ1) is 9.56. The SMILES string of the molecule is CCCNC(=O)CN=C(N)Nc1ccc(OC)c(Cl)c1.I. The molecule has 1 amide bonds. The lowest BCUT2D eigenvalue weighted by atomic mass is 10.3. The Labute approximate surface area is 146 Å². The summed E-state index contributed by atoms with van der Waals surface area (Å²) in [4.78, 5) is 15.3. The molecule has 21 heavy (non-hydrogen) atoms. The molecule has 0 aliphatic carbocycles. The van der Waals surface area contributed by atoms with Gasteiger partial charge in [0, 0.05) is 12.2 Å². The van der Waals surface area contributed by atoms with Crippen molar-refractivity contribution in [3.8, 4) is 5.75 Å². The minimum atomic E-state index is -0.163. The third kappa shape index (κ3) is 7.37. The van der Waals surface area contributed by atoms with E-state index < -0.39 is 0 Å². The Morgan fingerprint density at radius 3 is 2.76 bits per heavy atom. The molecule has 0 heterocycles. The molecule has 0 saturated carbocycles. The number of amides is 1. The number of nitrogens with one attached hydrogen (secondary N) is 2. The molecule has 0 spiro atoms. The lowest BCUT2D eigenvalue weighted by Crippen LogP contribution is -2.29. The van der Waals surface area contributed by atoms with Gasteiger partial charge >= 0.3 is 0 Å². The van der Waals surface area contributed by atoms with Gasteiger partial charge in [0.15, 0.2) is 5.96 Å². The van der Waals surface area contributed by atoms with Crippen molar-refractivity contribution < 1.29 is 9.53 Å². The van der Waals surface area contributed by atoms with Crippen molar-refractivity contribution in [3.05, 3.63) is 23.2 Å². The van der Waals surface area contributed by atoms with Crippen molar-refractivity contribution in [2.75, 3.05) is 25.5 Å². The van der Waals surface area contributed by atoms with Crippen LogP contribution in [0.1, 0.15) is 13.3 Å². The lowest BCUT2D eigenvalue weighted by Gasteiger charge is -2.08. The number of guanidine groups is 1. The Bertz CT molecular complexity index is 497. The van der Waals surface area contributed by atoms with Crippen molar-refractivity contribution in [2.45, 2.75) is 13.3 Å². The van der Waals surface area contributed by atoms with Crippen LogP contribution in [-0.2, 0) is 4.79 Å². The van der Waals surface area contributed by atoms with Crippen LogP contribution in [0.2, 0.25) is 5.02 Å². The van der Waals surface area contributed by atoms with Gasteiger partial charge in [0.1, 0.15) is 12.3 Å². The largest absolute Gasteiger partial charge is 0.495 e. The zero-order valence-corrected chi connectivity index (χ0v) is 15.1. The van der Waals surface area contributed by atoms with Crippen molar-refractivity contribution >= 4 is 53.1 Å². The quantitative estimate of drug-likeness (QED) is 0.370. The van der Waals surface area contributed by atoms with Crippen LogP contribution in [0, 0.1) is 0 Å². The Morgan fingerprint density at radius 1 is 1.48 bits per heavy atom. The number of methoxy groups -OCH3 is 1. The number of rotatable bonds is 6. The predicted molar refractivity (Wildman–Crippen MR) is 96.8 cm³/mol. The molecular formula is C13H20ClIN4O2. The number of aliphatic imine (C=N–C) groups is 1. The molecule has 0 aliphatic heterocycles. The fraction of sp³-hybridized carbons (Fsp3) is 0.385. The summed E-state index contributed by atoms with van der Waals surface area (Å²) >= 11 is 5.99. The van der Waals surface area contributed by atoms with Crippen LogP contribution in [-0.4, -0.2) is 32.1 Å². The Hall–Kier alpha value is -1.22. The Kier molecular flexibility index (Phi) is 9.89. The van der Waals surface area contributed by atoms with Crippen LogP contribution in [0.15, 0.2) is 23.2 Å². The van der Waals surface area contributed by atoms with E-state index in [0.29, 0.717) is 23.0 Å². The molecule has 0 fully saturated rings. The van der Waals surface area contributed by atoms with Gasteiger partial charge in [-0.25, -0.2) is 4.99 Å². The first kappa shape index (κ1) is 19.8. The summed E-state index contributed by atoms with van der Waals surface area (Å²) in [6, 6.07) is 5.13. The van der Waals surface area contributed by atoms with Gasteiger partial charge in [-0.1, -0.05) is 18.5 Å². The maximum Gasteiger partial charge on any atom is 0.241 e. The number of anilines is 1. The first-order valence-corrected chi connectivity index (χ1v) is 6.61. The van der Waals surface area contributed by atoms with E-state index in [4.69, 9.17) is 22.1 Å². The van der Waals surface area contributed by atoms with Crippen molar-refractivity contribution in [3.63, 3.8) is 0 Å². The molecule has 0 atom stereocenters. The predicted octanol–water partition coefficient (Wildman–Crippen LogP) is 2.22. The van der Waals surface area contributed by atoms with E-state index in [1.54, 1.807) is 25.3 Å². The number of hydrogen-bond acceptors (Lipinski definition) is 3. The average molecular weight is 427 g/mol. The number of carbonyl (C=O) groups is 1. The monoisotopic (exact) mass is 426 g/mol. The van der Waals surface area contributed by atoms with E-state index >= 15 is 0 Å². The van der Waals surface area contributed by atoms with Crippen molar-refractivity contribution in [1.29, 1.82) is 0 Å². The standard InChI is InChI=1S/C13H19ClN4O2.HI/c1-3-6-16-12(19)8-17-13(15)18-9-4-5-11(20-2)10(14)7-9;/h4-5,7H,3,6,8H2,1-2H3,(H,16,19)(H3,15,17,18);1H. The lowest BCUT2D eigenvalue weighted by molar-refractivity contribution is -0.119. The zero-order chi connectivity index (χ0) is 15.0. The number of benzene rings is 1. The zero-order valence-electron chi connectivity index (χ0n) is 12.0. The fourth-order valence-corrected chi connectivity index (χ4v) is 1.67. The van der Waals surface area contributed by atoms with Gasteiger partial charge in [-0.3, -0.25) is 4.79 Å². The molecule has 0 radical (unpaired) electrons. The summed E-state index contributed by atoms with van der Waals surface area (Å²) < 4.78 is 5.05. The smallest absolute Gasteiger partial charge is 0.241 e. The van der Waals surface area contributed by atoms with E-state index in [9.17, 15) is 4.79 Å². The second-order valence-corrected chi connectivity index (χ2v) is 4.43. The molecule has 4 N–H and O–H groups in total. The number of hydrogen-bond donors (Lipinski definition) is 3. The summed E-state index contributed by atoms with van der Waals surface area (Å²) in [5, 5.41) is 6.03. The molecule has 0 aromatic heterocycles. The summed E-state index contributed by atoms with van der Waals surface area (Å²) in [6.45, 7) is 2.60. The minimum Gasteiger partial charge on any atom is -0.495 e. The molecule has 8 heteroatoms. The molecule has 6 nitrogen and oxygen atoms in total. The summed E-state index contributed by atoms with van der Waals surface area (Å²) in [6.07, 6.45) is 0.882. The molecule has 1 rings (SSSR count). The van der Waals surface area contributed by atoms with E-state index in [1.165, 1.54) is 0 Å². The number of ether oxygens (including phenoxy) is 1. The van der Waals surface area contributed by atoms with Gasteiger partial charge in [-0.05, 0) is 24.6 Å². The van der Waals surface area contributed by atoms with Crippen LogP contribution in [0.5, 0.6) is 5.75 Å². The summed E-state index contributed by atoms with van der Waals surface area (Å²) in [7, 11) is 1.54. The van der Waals surface area contributed by atoms with Crippen LogP contribution in [0.4, 0.5) is 5.69 Å². The van der Waals surface area contributed by atoms with E-state index in [1.807, 2.05) is 6.92 Å². The van der Waals surface area contributed by atoms with E-state index in [-0.39, 0.29) is 42.4 Å². The number of halogens is 2. The third-order valence-corrected chi connectivity index (χ3v) is 2.68. The molecule has 1 aromatic carbocycles. The fourth-order valence-electron chi connectivity index (χ4n) is 1.41. The van der Waals surface area contributed by atoms with Gasteiger partial charge in [0.25, 0.3) is 0 Å². The average Bonchev–Trinajstić information content (AvgIpc) is 2.43. The highest BCUT2D eigenvalue weighted by atomic mass is 127. The number of nitrogens with two attached hydrogens (primary N) is 1. The highest BCUT2D eigenvalue weighted by molar-refractivity contribution is 14.0. The van der Waals surface area contributed by atoms with E-state index in [0.717, 1.165) is 6.42 Å². The molecule has 0 aliphatic rings. The number of nitrogens with zero attached hydrogens (tertiary/aromatic N) is 1. The van der Waals surface area contributed by atoms with Crippen molar-refractivity contribution in [2.24, 2.45) is 10.7 Å². The Balaban J connectivity index is 0.00000400. The maximum atomic E-state index is 11.4.